The molecule has 8 heteroatoms. The molecule has 0 bridgehead atoms. The van der Waals surface area contributed by atoms with Crippen LogP contribution in [0, 0.1) is 6.92 Å². The number of aryl methyl sites for hydroxylation is 1. The van der Waals surface area contributed by atoms with E-state index >= 15 is 0 Å². The van der Waals surface area contributed by atoms with Crippen molar-refractivity contribution in [3.05, 3.63) is 45.4 Å². The number of carboxylic acid groups (broad SMARTS) is 1. The van der Waals surface area contributed by atoms with Crippen molar-refractivity contribution in [2.24, 2.45) is 0 Å². The van der Waals surface area contributed by atoms with E-state index in [2.05, 4.69) is 10.3 Å². The molecule has 0 aliphatic heterocycles. The number of hydrogen-bond donors (Lipinski definition) is 2. The monoisotopic (exact) mass is 364 g/mol. The van der Waals surface area contributed by atoms with Gasteiger partial charge < -0.3 is 19.9 Å². The maximum absolute atomic E-state index is 12.4. The minimum atomic E-state index is -1.01. The van der Waals surface area contributed by atoms with E-state index in [9.17, 15) is 9.59 Å². The first-order valence-electron chi connectivity index (χ1n) is 7.65. The summed E-state index contributed by atoms with van der Waals surface area (Å²) in [6.45, 7) is 4.26. The minimum Gasteiger partial charge on any atom is -0.491 e. The van der Waals surface area contributed by atoms with Gasteiger partial charge in [0.15, 0.2) is 0 Å². The van der Waals surface area contributed by atoms with Crippen molar-refractivity contribution in [3.63, 3.8) is 0 Å². The lowest BCUT2D eigenvalue weighted by Gasteiger charge is -2.12. The third-order valence-electron chi connectivity index (χ3n) is 3.38. The summed E-state index contributed by atoms with van der Waals surface area (Å²) in [5.41, 5.74) is 0.899. The molecular weight excluding hydrogens is 344 g/mol. The number of ether oxygens (including phenoxy) is 2. The predicted octanol–water partition coefficient (Wildman–Crippen LogP) is 2.67. The molecule has 0 aliphatic carbocycles. The van der Waals surface area contributed by atoms with Crippen molar-refractivity contribution in [2.45, 2.75) is 19.9 Å². The van der Waals surface area contributed by atoms with Gasteiger partial charge in [0, 0.05) is 12.7 Å². The van der Waals surface area contributed by atoms with Crippen LogP contribution in [-0.4, -0.2) is 42.3 Å². The Kier molecular flexibility index (Phi) is 6.49. The Morgan fingerprint density at radius 3 is 2.76 bits per heavy atom. The fraction of sp³-hybridized carbons (Fsp3) is 0.353. The molecule has 0 saturated heterocycles. The number of aromatic nitrogens is 1. The van der Waals surface area contributed by atoms with Crippen LogP contribution in [0.5, 0.6) is 5.75 Å². The summed E-state index contributed by atoms with van der Waals surface area (Å²) < 4.78 is 10.4. The highest BCUT2D eigenvalue weighted by atomic mass is 32.1. The molecule has 25 heavy (non-hydrogen) atoms. The van der Waals surface area contributed by atoms with Crippen LogP contribution in [0.1, 0.15) is 43.7 Å². The lowest BCUT2D eigenvalue weighted by molar-refractivity contribution is 0.0701. The van der Waals surface area contributed by atoms with Crippen molar-refractivity contribution in [1.29, 1.82) is 0 Å². The summed E-state index contributed by atoms with van der Waals surface area (Å²) in [5, 5.41) is 12.5. The third kappa shape index (κ3) is 5.01. The van der Waals surface area contributed by atoms with Gasteiger partial charge >= 0.3 is 5.97 Å². The van der Waals surface area contributed by atoms with Gasteiger partial charge in [-0.15, -0.1) is 11.3 Å². The molecule has 0 fully saturated rings. The second-order valence-corrected chi connectivity index (χ2v) is 6.37. The van der Waals surface area contributed by atoms with Gasteiger partial charge in [0.2, 0.25) is 0 Å². The van der Waals surface area contributed by atoms with E-state index in [0.29, 0.717) is 35.2 Å². The summed E-state index contributed by atoms with van der Waals surface area (Å²) in [5.74, 6) is -0.717. The van der Waals surface area contributed by atoms with Crippen LogP contribution in [0.2, 0.25) is 0 Å². The lowest BCUT2D eigenvalue weighted by Crippen LogP contribution is -2.26. The second-order valence-electron chi connectivity index (χ2n) is 5.34. The Morgan fingerprint density at radius 2 is 2.12 bits per heavy atom. The maximum Gasteiger partial charge on any atom is 0.347 e. The first kappa shape index (κ1) is 18.9. The Hall–Kier alpha value is -2.45. The fourth-order valence-electron chi connectivity index (χ4n) is 2.11. The number of nitrogens with zero attached hydrogens (tertiary/aromatic N) is 1. The van der Waals surface area contributed by atoms with E-state index in [1.807, 2.05) is 0 Å². The third-order valence-corrected chi connectivity index (χ3v) is 4.71. The SMILES string of the molecule is COCCOc1cccc(C(=O)NC(C)c2nc(C)c(C(=O)O)s2)c1. The molecule has 1 aromatic heterocycles. The largest absolute Gasteiger partial charge is 0.491 e. The molecule has 0 radical (unpaired) electrons. The van der Waals surface area contributed by atoms with E-state index in [0.717, 1.165) is 11.3 Å². The fourth-order valence-corrected chi connectivity index (χ4v) is 3.02. The quantitative estimate of drug-likeness (QED) is 0.699. The van der Waals surface area contributed by atoms with Crippen LogP contribution in [0.3, 0.4) is 0 Å². The first-order chi connectivity index (χ1) is 11.9. The van der Waals surface area contributed by atoms with Gasteiger partial charge in [-0.2, -0.15) is 0 Å². The van der Waals surface area contributed by atoms with Crippen molar-refractivity contribution >= 4 is 23.2 Å². The summed E-state index contributed by atoms with van der Waals surface area (Å²) in [6.07, 6.45) is 0. The lowest BCUT2D eigenvalue weighted by atomic mass is 10.2. The number of nitrogens with one attached hydrogen (secondary N) is 1. The average Bonchev–Trinajstić information content (AvgIpc) is 2.97. The van der Waals surface area contributed by atoms with Gasteiger partial charge in [0.05, 0.1) is 18.3 Å². The van der Waals surface area contributed by atoms with Gasteiger partial charge in [-0.3, -0.25) is 4.79 Å². The zero-order valence-corrected chi connectivity index (χ0v) is 15.1. The van der Waals surface area contributed by atoms with Crippen LogP contribution < -0.4 is 10.1 Å². The summed E-state index contributed by atoms with van der Waals surface area (Å²) >= 11 is 1.07. The zero-order valence-electron chi connectivity index (χ0n) is 14.2. The summed E-state index contributed by atoms with van der Waals surface area (Å²) in [7, 11) is 1.59. The topological polar surface area (TPSA) is 97.8 Å². The van der Waals surface area contributed by atoms with Crippen LogP contribution in [-0.2, 0) is 4.74 Å². The Bertz CT molecular complexity index is 759. The molecule has 2 N–H and O–H groups in total. The number of carboxylic acids is 1. The van der Waals surface area contributed by atoms with Crippen LogP contribution in [0.15, 0.2) is 24.3 Å². The Morgan fingerprint density at radius 1 is 1.36 bits per heavy atom. The molecule has 1 heterocycles. The van der Waals surface area contributed by atoms with E-state index in [1.165, 1.54) is 0 Å². The molecule has 1 unspecified atom stereocenters. The molecule has 2 rings (SSSR count). The highest BCUT2D eigenvalue weighted by molar-refractivity contribution is 7.13. The Labute approximate surface area is 149 Å². The van der Waals surface area contributed by atoms with Crippen LogP contribution >= 0.6 is 11.3 Å². The zero-order chi connectivity index (χ0) is 18.4. The molecule has 134 valence electrons. The molecular formula is C17H20N2O5S. The molecule has 0 spiro atoms. The van der Waals surface area contributed by atoms with Gasteiger partial charge in [-0.25, -0.2) is 9.78 Å². The van der Waals surface area contributed by atoms with Gasteiger partial charge in [-0.1, -0.05) is 6.07 Å². The first-order valence-corrected chi connectivity index (χ1v) is 8.47. The molecule has 0 saturated carbocycles. The number of thiazole rings is 1. The molecule has 1 atom stereocenters. The van der Waals surface area contributed by atoms with E-state index < -0.39 is 12.0 Å². The van der Waals surface area contributed by atoms with Crippen molar-refractivity contribution in [1.82, 2.24) is 10.3 Å². The number of methoxy groups -OCH3 is 1. The molecule has 7 nitrogen and oxygen atoms in total. The van der Waals surface area contributed by atoms with E-state index in [1.54, 1.807) is 45.2 Å². The highest BCUT2D eigenvalue weighted by Crippen LogP contribution is 2.24. The number of hydrogen-bond acceptors (Lipinski definition) is 6. The van der Waals surface area contributed by atoms with Gasteiger partial charge in [-0.05, 0) is 32.0 Å². The normalized spacial score (nSPS) is 11.8. The predicted molar refractivity (Wildman–Crippen MR) is 93.5 cm³/mol. The van der Waals surface area contributed by atoms with E-state index in [-0.39, 0.29) is 10.8 Å². The number of carbonyl (C=O) groups is 2. The second kappa shape index (κ2) is 8.59. The molecule has 2 aromatic rings. The highest BCUT2D eigenvalue weighted by Gasteiger charge is 2.19. The van der Waals surface area contributed by atoms with Crippen LogP contribution in [0.4, 0.5) is 0 Å². The number of amides is 1. The smallest absolute Gasteiger partial charge is 0.347 e. The molecule has 1 amide bonds. The van der Waals surface area contributed by atoms with Crippen molar-refractivity contribution < 1.29 is 24.2 Å². The number of carbonyl (C=O) groups excluding carboxylic acids is 1. The average molecular weight is 364 g/mol. The standard InChI is InChI=1S/C17H20N2O5S/c1-10-14(17(21)22)25-16(19-10)11(2)18-15(20)12-5-4-6-13(9-12)24-8-7-23-3/h4-6,9,11H,7-8H2,1-3H3,(H,18,20)(H,21,22). The Balaban J connectivity index is 2.04. The number of aromatic carboxylic acids is 1. The van der Waals surface area contributed by atoms with E-state index in [4.69, 9.17) is 14.6 Å². The van der Waals surface area contributed by atoms with Gasteiger partial charge in [0.1, 0.15) is 22.2 Å². The van der Waals surface area contributed by atoms with Crippen LogP contribution in [0.25, 0.3) is 0 Å². The molecule has 0 aliphatic rings. The maximum atomic E-state index is 12.4. The van der Waals surface area contributed by atoms with Crippen molar-refractivity contribution in [2.75, 3.05) is 20.3 Å². The molecule has 1 aromatic carbocycles. The summed E-state index contributed by atoms with van der Waals surface area (Å²) in [6, 6.07) is 6.42. The van der Waals surface area contributed by atoms with Crippen molar-refractivity contribution in [3.8, 4) is 5.75 Å². The number of benzene rings is 1. The summed E-state index contributed by atoms with van der Waals surface area (Å²) in [4.78, 5) is 27.9. The van der Waals surface area contributed by atoms with Gasteiger partial charge in [0.25, 0.3) is 5.91 Å². The number of rotatable bonds is 8. The minimum absolute atomic E-state index is 0.185.